The summed E-state index contributed by atoms with van der Waals surface area (Å²) in [6.07, 6.45) is 0.465. The standard InChI is InChI=1S/C19H19Cl2NO3/c1-12(24)14-6-8-16(9-7-14)15-4-2-13(3-5-15)10-17(11-23)22-19(25)18(20)21/h2-9,17-18,23H,10-11H2,1H3,(H,22,25)/t17-/m0/s1. The first-order valence-electron chi connectivity index (χ1n) is 7.80. The first-order valence-corrected chi connectivity index (χ1v) is 8.67. The summed E-state index contributed by atoms with van der Waals surface area (Å²) in [5.41, 5.74) is 3.67. The third-order valence-corrected chi connectivity index (χ3v) is 4.22. The zero-order valence-corrected chi connectivity index (χ0v) is 15.2. The second kappa shape index (κ2) is 8.99. The fourth-order valence-electron chi connectivity index (χ4n) is 2.44. The molecule has 0 heterocycles. The minimum Gasteiger partial charge on any atom is -0.394 e. The molecule has 0 aliphatic rings. The summed E-state index contributed by atoms with van der Waals surface area (Å²) in [6, 6.07) is 14.8. The van der Waals surface area contributed by atoms with E-state index in [1.165, 1.54) is 6.92 Å². The van der Waals surface area contributed by atoms with Crippen LogP contribution in [0.15, 0.2) is 48.5 Å². The van der Waals surface area contributed by atoms with Crippen LogP contribution in [0.25, 0.3) is 11.1 Å². The van der Waals surface area contributed by atoms with Crippen molar-refractivity contribution >= 4 is 34.9 Å². The van der Waals surface area contributed by atoms with Crippen molar-refractivity contribution in [3.63, 3.8) is 0 Å². The number of halogens is 2. The van der Waals surface area contributed by atoms with Gasteiger partial charge in [-0.3, -0.25) is 9.59 Å². The van der Waals surface area contributed by atoms with E-state index in [-0.39, 0.29) is 12.4 Å². The maximum atomic E-state index is 11.5. The molecule has 1 amide bonds. The number of benzene rings is 2. The lowest BCUT2D eigenvalue weighted by Crippen LogP contribution is -2.41. The smallest absolute Gasteiger partial charge is 0.253 e. The van der Waals surface area contributed by atoms with Gasteiger partial charge in [0, 0.05) is 5.56 Å². The van der Waals surface area contributed by atoms with Gasteiger partial charge in [0.15, 0.2) is 10.6 Å². The number of alkyl halides is 2. The minimum atomic E-state index is -1.16. The van der Waals surface area contributed by atoms with Gasteiger partial charge in [0.05, 0.1) is 12.6 Å². The Labute approximate surface area is 156 Å². The summed E-state index contributed by atoms with van der Waals surface area (Å²) < 4.78 is 0. The lowest BCUT2D eigenvalue weighted by molar-refractivity contribution is -0.120. The van der Waals surface area contributed by atoms with Crippen molar-refractivity contribution in [2.45, 2.75) is 24.2 Å². The molecule has 0 aromatic heterocycles. The Balaban J connectivity index is 2.05. The highest BCUT2D eigenvalue weighted by Crippen LogP contribution is 2.21. The van der Waals surface area contributed by atoms with Gasteiger partial charge in [-0.2, -0.15) is 0 Å². The number of hydrogen-bond donors (Lipinski definition) is 2. The highest BCUT2D eigenvalue weighted by atomic mass is 35.5. The Morgan fingerprint density at radius 2 is 1.52 bits per heavy atom. The maximum Gasteiger partial charge on any atom is 0.253 e. The number of carbonyl (C=O) groups excluding carboxylic acids is 2. The zero-order valence-electron chi connectivity index (χ0n) is 13.7. The predicted molar refractivity (Wildman–Crippen MR) is 100 cm³/mol. The molecular formula is C19H19Cl2NO3. The van der Waals surface area contributed by atoms with Gasteiger partial charge in [-0.25, -0.2) is 0 Å². The number of Topliss-reactive ketones (excluding diaryl/α,β-unsaturated/α-hetero) is 1. The number of hydrogen-bond acceptors (Lipinski definition) is 3. The molecule has 6 heteroatoms. The Hall–Kier alpha value is -1.88. The monoisotopic (exact) mass is 379 g/mol. The molecule has 0 unspecified atom stereocenters. The lowest BCUT2D eigenvalue weighted by Gasteiger charge is -2.17. The van der Waals surface area contributed by atoms with Crippen molar-refractivity contribution in [2.24, 2.45) is 0 Å². The average molecular weight is 380 g/mol. The van der Waals surface area contributed by atoms with Crippen LogP contribution in [0, 0.1) is 0 Å². The SMILES string of the molecule is CC(=O)c1ccc(-c2ccc(C[C@@H](CO)NC(=O)C(Cl)Cl)cc2)cc1. The molecule has 4 nitrogen and oxygen atoms in total. The molecule has 2 rings (SSSR count). The molecule has 2 aromatic carbocycles. The van der Waals surface area contributed by atoms with Crippen LogP contribution in [0.2, 0.25) is 0 Å². The number of rotatable bonds is 7. The number of ketones is 1. The number of amides is 1. The van der Waals surface area contributed by atoms with E-state index in [1.54, 1.807) is 12.1 Å². The average Bonchev–Trinajstić information content (AvgIpc) is 2.61. The van der Waals surface area contributed by atoms with Gasteiger partial charge in [0.1, 0.15) is 0 Å². The number of aliphatic hydroxyl groups is 1. The van der Waals surface area contributed by atoms with Gasteiger partial charge in [-0.05, 0) is 30.0 Å². The minimum absolute atomic E-state index is 0.0371. The Morgan fingerprint density at radius 1 is 1.00 bits per heavy atom. The van der Waals surface area contributed by atoms with Gasteiger partial charge < -0.3 is 10.4 Å². The molecule has 2 N–H and O–H groups in total. The lowest BCUT2D eigenvalue weighted by atomic mass is 9.99. The third-order valence-electron chi connectivity index (χ3n) is 3.83. The molecule has 0 aliphatic carbocycles. The fraction of sp³-hybridized carbons (Fsp3) is 0.263. The van der Waals surface area contributed by atoms with Crippen LogP contribution in [-0.4, -0.2) is 34.3 Å². The molecule has 0 radical (unpaired) electrons. The largest absolute Gasteiger partial charge is 0.394 e. The molecule has 25 heavy (non-hydrogen) atoms. The number of carbonyl (C=O) groups is 2. The molecule has 0 fully saturated rings. The molecule has 0 aliphatic heterocycles. The molecule has 0 spiro atoms. The van der Waals surface area contributed by atoms with Crippen LogP contribution in [-0.2, 0) is 11.2 Å². The topological polar surface area (TPSA) is 66.4 Å². The van der Waals surface area contributed by atoms with Crippen LogP contribution in [0.4, 0.5) is 0 Å². The van der Waals surface area contributed by atoms with Gasteiger partial charge in [-0.15, -0.1) is 0 Å². The quantitative estimate of drug-likeness (QED) is 0.572. The molecular weight excluding hydrogens is 361 g/mol. The first kappa shape index (κ1) is 19.4. The van der Waals surface area contributed by atoms with Crippen molar-refractivity contribution in [1.29, 1.82) is 0 Å². The van der Waals surface area contributed by atoms with Gasteiger partial charge in [0.25, 0.3) is 5.91 Å². The summed E-state index contributed by atoms with van der Waals surface area (Å²) in [5, 5.41) is 12.0. The molecule has 132 valence electrons. The third kappa shape index (κ3) is 5.56. The van der Waals surface area contributed by atoms with E-state index in [1.807, 2.05) is 36.4 Å². The highest BCUT2D eigenvalue weighted by Gasteiger charge is 2.17. The molecule has 0 saturated carbocycles. The normalized spacial score (nSPS) is 12.0. The van der Waals surface area contributed by atoms with Gasteiger partial charge in [0.2, 0.25) is 0 Å². The maximum absolute atomic E-state index is 11.5. The van der Waals surface area contributed by atoms with E-state index in [4.69, 9.17) is 23.2 Å². The second-order valence-corrected chi connectivity index (χ2v) is 6.82. The summed E-state index contributed by atoms with van der Waals surface area (Å²) in [6.45, 7) is 1.33. The van der Waals surface area contributed by atoms with E-state index in [2.05, 4.69) is 5.32 Å². The van der Waals surface area contributed by atoms with Gasteiger partial charge in [-0.1, -0.05) is 71.7 Å². The van der Waals surface area contributed by atoms with Crippen molar-refractivity contribution in [2.75, 3.05) is 6.61 Å². The number of nitrogens with one attached hydrogen (secondary N) is 1. The van der Waals surface area contributed by atoms with Crippen LogP contribution in [0.3, 0.4) is 0 Å². The zero-order chi connectivity index (χ0) is 18.4. The summed E-state index contributed by atoms with van der Waals surface area (Å²) in [7, 11) is 0. The molecule has 0 bridgehead atoms. The molecule has 0 saturated heterocycles. The summed E-state index contributed by atoms with van der Waals surface area (Å²) in [5.74, 6) is -0.486. The van der Waals surface area contributed by atoms with E-state index in [0.717, 1.165) is 16.7 Å². The van der Waals surface area contributed by atoms with Crippen LogP contribution in [0.1, 0.15) is 22.8 Å². The molecule has 1 atom stereocenters. The van der Waals surface area contributed by atoms with Crippen LogP contribution in [0.5, 0.6) is 0 Å². The summed E-state index contributed by atoms with van der Waals surface area (Å²) >= 11 is 11.0. The predicted octanol–water partition coefficient (Wildman–Crippen LogP) is 3.38. The van der Waals surface area contributed by atoms with Crippen LogP contribution < -0.4 is 5.32 Å². The van der Waals surface area contributed by atoms with E-state index >= 15 is 0 Å². The van der Waals surface area contributed by atoms with Gasteiger partial charge >= 0.3 is 0 Å². The van der Waals surface area contributed by atoms with Crippen molar-refractivity contribution < 1.29 is 14.7 Å². The first-order chi connectivity index (χ1) is 11.9. The highest BCUT2D eigenvalue weighted by molar-refractivity contribution is 6.53. The van der Waals surface area contributed by atoms with Crippen molar-refractivity contribution in [1.82, 2.24) is 5.32 Å². The number of aliphatic hydroxyl groups excluding tert-OH is 1. The van der Waals surface area contributed by atoms with E-state index in [9.17, 15) is 14.7 Å². The fourth-order valence-corrected chi connectivity index (χ4v) is 2.57. The van der Waals surface area contributed by atoms with Crippen molar-refractivity contribution in [3.05, 3.63) is 59.7 Å². The Morgan fingerprint density at radius 3 is 1.96 bits per heavy atom. The molecule has 2 aromatic rings. The van der Waals surface area contributed by atoms with Crippen molar-refractivity contribution in [3.8, 4) is 11.1 Å². The van der Waals surface area contributed by atoms with Crippen LogP contribution >= 0.6 is 23.2 Å². The second-order valence-electron chi connectivity index (χ2n) is 5.72. The summed E-state index contributed by atoms with van der Waals surface area (Å²) in [4.78, 5) is 21.7. The Kier molecular flexibility index (Phi) is 7.00. The van der Waals surface area contributed by atoms with E-state index in [0.29, 0.717) is 12.0 Å². The van der Waals surface area contributed by atoms with E-state index < -0.39 is 16.8 Å². The Bertz CT molecular complexity index is 727.